The Bertz CT molecular complexity index is 1090. The molecule has 0 saturated carbocycles. The summed E-state index contributed by atoms with van der Waals surface area (Å²) in [6, 6.07) is 13.5. The summed E-state index contributed by atoms with van der Waals surface area (Å²) in [5.41, 5.74) is 1.45. The van der Waals surface area contributed by atoms with Crippen LogP contribution in [0.3, 0.4) is 0 Å². The highest BCUT2D eigenvalue weighted by atomic mass is 35.5. The van der Waals surface area contributed by atoms with Gasteiger partial charge in [0.2, 0.25) is 5.91 Å². The minimum Gasteiger partial charge on any atom is -0.494 e. The van der Waals surface area contributed by atoms with Gasteiger partial charge >= 0.3 is 0 Å². The SMILES string of the molecule is COc1cc(NC(=O)CCCOc2cccc(Cl)c2Cl)ccc1NC(=O)c1cccnc1. The number of pyridine rings is 1. The fourth-order valence-electron chi connectivity index (χ4n) is 2.80. The normalized spacial score (nSPS) is 10.3. The van der Waals surface area contributed by atoms with Gasteiger partial charge in [-0.15, -0.1) is 0 Å². The van der Waals surface area contributed by atoms with E-state index in [4.69, 9.17) is 32.7 Å². The van der Waals surface area contributed by atoms with E-state index in [1.165, 1.54) is 13.3 Å². The zero-order valence-electron chi connectivity index (χ0n) is 17.2. The molecule has 166 valence electrons. The Morgan fingerprint density at radius 3 is 2.62 bits per heavy atom. The summed E-state index contributed by atoms with van der Waals surface area (Å²) in [5.74, 6) is 0.403. The van der Waals surface area contributed by atoms with Crippen molar-refractivity contribution in [3.05, 3.63) is 76.5 Å². The number of carbonyl (C=O) groups excluding carboxylic acids is 2. The van der Waals surface area contributed by atoms with Gasteiger partial charge in [-0.05, 0) is 42.8 Å². The lowest BCUT2D eigenvalue weighted by molar-refractivity contribution is -0.116. The van der Waals surface area contributed by atoms with E-state index in [0.29, 0.717) is 51.5 Å². The first-order valence-electron chi connectivity index (χ1n) is 9.74. The van der Waals surface area contributed by atoms with Crippen molar-refractivity contribution in [3.8, 4) is 11.5 Å². The molecule has 2 N–H and O–H groups in total. The summed E-state index contributed by atoms with van der Waals surface area (Å²) in [7, 11) is 1.49. The summed E-state index contributed by atoms with van der Waals surface area (Å²) >= 11 is 12.0. The van der Waals surface area contributed by atoms with Crippen LogP contribution in [0.25, 0.3) is 0 Å². The van der Waals surface area contributed by atoms with Gasteiger partial charge in [0.25, 0.3) is 5.91 Å². The molecule has 2 aromatic carbocycles. The van der Waals surface area contributed by atoms with Crippen LogP contribution in [0.5, 0.6) is 11.5 Å². The van der Waals surface area contributed by atoms with E-state index in [9.17, 15) is 9.59 Å². The topological polar surface area (TPSA) is 89.5 Å². The molecule has 9 heteroatoms. The molecule has 0 saturated heterocycles. The Morgan fingerprint density at radius 2 is 1.88 bits per heavy atom. The van der Waals surface area contributed by atoms with Crippen molar-refractivity contribution in [2.24, 2.45) is 0 Å². The number of hydrogen-bond donors (Lipinski definition) is 2. The number of aromatic nitrogens is 1. The first-order chi connectivity index (χ1) is 15.5. The quantitative estimate of drug-likeness (QED) is 0.403. The third-order valence-electron chi connectivity index (χ3n) is 4.38. The maximum Gasteiger partial charge on any atom is 0.257 e. The predicted octanol–water partition coefficient (Wildman–Crippen LogP) is 5.45. The summed E-state index contributed by atoms with van der Waals surface area (Å²) in [5, 5.41) is 6.34. The molecule has 32 heavy (non-hydrogen) atoms. The van der Waals surface area contributed by atoms with Crippen molar-refractivity contribution in [3.63, 3.8) is 0 Å². The molecule has 0 aliphatic rings. The Morgan fingerprint density at radius 1 is 1.03 bits per heavy atom. The van der Waals surface area contributed by atoms with Crippen LogP contribution in [-0.4, -0.2) is 30.5 Å². The molecule has 0 atom stereocenters. The number of nitrogens with one attached hydrogen (secondary N) is 2. The van der Waals surface area contributed by atoms with Crippen LogP contribution in [0.4, 0.5) is 11.4 Å². The molecular weight excluding hydrogens is 453 g/mol. The van der Waals surface area contributed by atoms with E-state index in [0.717, 1.165) is 0 Å². The van der Waals surface area contributed by atoms with Crippen LogP contribution < -0.4 is 20.1 Å². The summed E-state index contributed by atoms with van der Waals surface area (Å²) in [6.45, 7) is 0.316. The van der Waals surface area contributed by atoms with E-state index in [2.05, 4.69) is 15.6 Å². The van der Waals surface area contributed by atoms with Crippen LogP contribution in [0.2, 0.25) is 10.0 Å². The van der Waals surface area contributed by atoms with Crippen molar-refractivity contribution in [1.29, 1.82) is 0 Å². The second kappa shape index (κ2) is 11.4. The lowest BCUT2D eigenvalue weighted by Crippen LogP contribution is -2.14. The number of methoxy groups -OCH3 is 1. The van der Waals surface area contributed by atoms with Gasteiger partial charge in [-0.1, -0.05) is 29.3 Å². The van der Waals surface area contributed by atoms with Crippen LogP contribution in [0.1, 0.15) is 23.2 Å². The molecule has 0 spiro atoms. The van der Waals surface area contributed by atoms with Gasteiger partial charge in [-0.3, -0.25) is 14.6 Å². The highest BCUT2D eigenvalue weighted by Gasteiger charge is 2.12. The van der Waals surface area contributed by atoms with Crippen LogP contribution in [0, 0.1) is 0 Å². The third kappa shape index (κ3) is 6.35. The van der Waals surface area contributed by atoms with Gasteiger partial charge in [0, 0.05) is 30.6 Å². The Labute approximate surface area is 195 Å². The third-order valence-corrected chi connectivity index (χ3v) is 5.18. The summed E-state index contributed by atoms with van der Waals surface area (Å²) in [4.78, 5) is 28.5. The first kappa shape index (κ1) is 23.4. The van der Waals surface area contributed by atoms with Crippen LogP contribution in [0.15, 0.2) is 60.9 Å². The molecule has 0 bridgehead atoms. The average Bonchev–Trinajstić information content (AvgIpc) is 2.80. The molecular formula is C23H21Cl2N3O4. The standard InChI is InChI=1S/C23H21Cl2N3O4/c1-31-20-13-16(9-10-18(20)28-23(30)15-5-3-11-26-14-15)27-21(29)8-4-12-32-19-7-2-6-17(24)22(19)25/h2-3,5-7,9-11,13-14H,4,8,12H2,1H3,(H,27,29)(H,28,30). The Hall–Kier alpha value is -3.29. The Balaban J connectivity index is 1.51. The lowest BCUT2D eigenvalue weighted by Gasteiger charge is -2.13. The first-order valence-corrected chi connectivity index (χ1v) is 10.5. The van der Waals surface area contributed by atoms with Gasteiger partial charge in [-0.2, -0.15) is 0 Å². The van der Waals surface area contributed by atoms with E-state index in [1.807, 2.05) is 0 Å². The summed E-state index contributed by atoms with van der Waals surface area (Å²) < 4.78 is 10.9. The van der Waals surface area contributed by atoms with Crippen molar-refractivity contribution >= 4 is 46.4 Å². The van der Waals surface area contributed by atoms with Crippen molar-refractivity contribution in [2.45, 2.75) is 12.8 Å². The molecule has 0 unspecified atom stereocenters. The van der Waals surface area contributed by atoms with Gasteiger partial charge in [0.15, 0.2) is 0 Å². The number of rotatable bonds is 9. The van der Waals surface area contributed by atoms with Crippen molar-refractivity contribution < 1.29 is 19.1 Å². The fourth-order valence-corrected chi connectivity index (χ4v) is 3.14. The number of hydrogen-bond acceptors (Lipinski definition) is 5. The minimum atomic E-state index is -0.312. The zero-order chi connectivity index (χ0) is 22.9. The molecule has 0 radical (unpaired) electrons. The largest absolute Gasteiger partial charge is 0.494 e. The van der Waals surface area contributed by atoms with Gasteiger partial charge in [-0.25, -0.2) is 0 Å². The number of ether oxygens (including phenoxy) is 2. The van der Waals surface area contributed by atoms with Crippen LogP contribution >= 0.6 is 23.2 Å². The molecule has 1 aromatic heterocycles. The van der Waals surface area contributed by atoms with E-state index >= 15 is 0 Å². The van der Waals surface area contributed by atoms with E-state index in [-0.39, 0.29) is 18.2 Å². The highest BCUT2D eigenvalue weighted by molar-refractivity contribution is 6.42. The molecule has 0 fully saturated rings. The number of benzene rings is 2. The van der Waals surface area contributed by atoms with Gasteiger partial charge in [0.1, 0.15) is 16.5 Å². The molecule has 7 nitrogen and oxygen atoms in total. The van der Waals surface area contributed by atoms with Crippen molar-refractivity contribution in [1.82, 2.24) is 4.98 Å². The second-order valence-corrected chi connectivity index (χ2v) is 7.45. The van der Waals surface area contributed by atoms with Gasteiger partial charge < -0.3 is 20.1 Å². The smallest absolute Gasteiger partial charge is 0.257 e. The predicted molar refractivity (Wildman–Crippen MR) is 125 cm³/mol. The van der Waals surface area contributed by atoms with E-state index < -0.39 is 0 Å². The number of carbonyl (C=O) groups is 2. The number of halogens is 2. The van der Waals surface area contributed by atoms with Gasteiger partial charge in [0.05, 0.1) is 30.0 Å². The molecule has 3 rings (SSSR count). The maximum absolute atomic E-state index is 12.3. The lowest BCUT2D eigenvalue weighted by atomic mass is 10.2. The number of anilines is 2. The number of nitrogens with zero attached hydrogens (tertiary/aromatic N) is 1. The fraction of sp³-hybridized carbons (Fsp3) is 0.174. The monoisotopic (exact) mass is 473 g/mol. The molecule has 0 aliphatic heterocycles. The molecule has 0 aliphatic carbocycles. The van der Waals surface area contributed by atoms with Crippen molar-refractivity contribution in [2.75, 3.05) is 24.4 Å². The zero-order valence-corrected chi connectivity index (χ0v) is 18.7. The van der Waals surface area contributed by atoms with E-state index in [1.54, 1.807) is 54.7 Å². The molecule has 2 amide bonds. The molecule has 3 aromatic rings. The second-order valence-electron chi connectivity index (χ2n) is 6.66. The molecule has 1 heterocycles. The highest BCUT2D eigenvalue weighted by Crippen LogP contribution is 2.31. The van der Waals surface area contributed by atoms with Crippen LogP contribution in [-0.2, 0) is 4.79 Å². The minimum absolute atomic E-state index is 0.181. The number of amides is 2. The average molecular weight is 474 g/mol. The Kier molecular flexibility index (Phi) is 8.30. The maximum atomic E-state index is 12.3. The summed E-state index contributed by atoms with van der Waals surface area (Å²) in [6.07, 6.45) is 3.80.